The minimum atomic E-state index is -4.73. The summed E-state index contributed by atoms with van der Waals surface area (Å²) in [7, 11) is 0. The summed E-state index contributed by atoms with van der Waals surface area (Å²) in [5, 5.41) is 18.2. The van der Waals surface area contributed by atoms with Crippen molar-refractivity contribution in [1.29, 1.82) is 0 Å². The standard InChI is InChI=1S/C22H17ClF6N6O2/c23-14-7-5-13(6-8-14)19-32-34(20(37)33(19)10-9-21(24,25)26)11-17-30-18(12-36)35(31-17)16-4-2-1-3-15(16)22(27,28)29/h1-8,36H,9-12H2. The Kier molecular flexibility index (Phi) is 7.15. The Balaban J connectivity index is 1.75. The summed E-state index contributed by atoms with van der Waals surface area (Å²) in [6.45, 7) is -1.97. The van der Waals surface area contributed by atoms with E-state index in [0.29, 0.717) is 10.6 Å². The molecule has 8 nitrogen and oxygen atoms in total. The highest BCUT2D eigenvalue weighted by Crippen LogP contribution is 2.34. The van der Waals surface area contributed by atoms with E-state index in [9.17, 15) is 36.2 Å². The third-order valence-electron chi connectivity index (χ3n) is 5.23. The molecule has 1 N–H and O–H groups in total. The summed E-state index contributed by atoms with van der Waals surface area (Å²) < 4.78 is 81.6. The van der Waals surface area contributed by atoms with Crippen LogP contribution in [0.25, 0.3) is 17.1 Å². The van der Waals surface area contributed by atoms with E-state index in [4.69, 9.17) is 11.6 Å². The molecule has 4 rings (SSSR count). The van der Waals surface area contributed by atoms with Crippen LogP contribution in [0.3, 0.4) is 0 Å². The second-order valence-electron chi connectivity index (χ2n) is 7.82. The molecule has 4 aromatic rings. The van der Waals surface area contributed by atoms with Crippen LogP contribution in [0.2, 0.25) is 5.02 Å². The molecule has 0 bridgehead atoms. The molecule has 0 aliphatic rings. The molecular weight excluding hydrogens is 530 g/mol. The zero-order valence-corrected chi connectivity index (χ0v) is 19.4. The van der Waals surface area contributed by atoms with Crippen LogP contribution in [0.1, 0.15) is 23.6 Å². The van der Waals surface area contributed by atoms with Gasteiger partial charge in [-0.2, -0.15) is 26.3 Å². The molecule has 2 aromatic heterocycles. The molecule has 0 radical (unpaired) electrons. The highest BCUT2D eigenvalue weighted by atomic mass is 35.5. The van der Waals surface area contributed by atoms with Crippen LogP contribution >= 0.6 is 11.6 Å². The first-order valence-electron chi connectivity index (χ1n) is 10.6. The topological polar surface area (TPSA) is 90.8 Å². The summed E-state index contributed by atoms with van der Waals surface area (Å²) >= 11 is 5.87. The van der Waals surface area contributed by atoms with Crippen molar-refractivity contribution in [3.05, 3.63) is 81.3 Å². The SMILES string of the molecule is O=c1n(Cc2nc(CO)n(-c3ccccc3C(F)(F)F)n2)nc(-c2ccc(Cl)cc2)n1CCC(F)(F)F. The van der Waals surface area contributed by atoms with Crippen molar-refractivity contribution >= 4 is 11.6 Å². The molecule has 0 aliphatic carbocycles. The smallest absolute Gasteiger partial charge is 0.388 e. The number of alkyl halides is 6. The lowest BCUT2D eigenvalue weighted by Crippen LogP contribution is -2.27. The number of nitrogens with zero attached hydrogens (tertiary/aromatic N) is 6. The maximum atomic E-state index is 13.5. The van der Waals surface area contributed by atoms with Crippen molar-refractivity contribution in [3.63, 3.8) is 0 Å². The molecular formula is C22H17ClF6N6O2. The average Bonchev–Trinajstić information content (AvgIpc) is 3.38. The minimum absolute atomic E-state index is 0.0739. The number of aromatic nitrogens is 6. The van der Waals surface area contributed by atoms with Gasteiger partial charge in [0.25, 0.3) is 0 Å². The van der Waals surface area contributed by atoms with Gasteiger partial charge in [-0.15, -0.1) is 10.2 Å². The van der Waals surface area contributed by atoms with E-state index in [1.807, 2.05) is 0 Å². The Morgan fingerprint density at radius 3 is 2.24 bits per heavy atom. The van der Waals surface area contributed by atoms with Crippen LogP contribution < -0.4 is 5.69 Å². The number of para-hydroxylation sites is 1. The van der Waals surface area contributed by atoms with E-state index < -0.39 is 55.4 Å². The normalized spacial score (nSPS) is 12.3. The average molecular weight is 547 g/mol. The summed E-state index contributed by atoms with van der Waals surface area (Å²) in [5.74, 6) is -0.504. The van der Waals surface area contributed by atoms with Crippen molar-refractivity contribution in [1.82, 2.24) is 29.1 Å². The third-order valence-corrected chi connectivity index (χ3v) is 5.48. The Bertz CT molecular complexity index is 1460. The van der Waals surface area contributed by atoms with Crippen LogP contribution in [0.15, 0.2) is 53.3 Å². The first-order valence-corrected chi connectivity index (χ1v) is 11.0. The number of hydrogen-bond acceptors (Lipinski definition) is 5. The first-order chi connectivity index (χ1) is 17.4. The summed E-state index contributed by atoms with van der Waals surface area (Å²) in [5.41, 5.74) is -2.02. The molecule has 2 heterocycles. The van der Waals surface area contributed by atoms with Gasteiger partial charge >= 0.3 is 18.0 Å². The van der Waals surface area contributed by atoms with Crippen molar-refractivity contribution in [3.8, 4) is 17.1 Å². The highest BCUT2D eigenvalue weighted by molar-refractivity contribution is 6.30. The molecule has 196 valence electrons. The van der Waals surface area contributed by atoms with E-state index in [1.54, 1.807) is 0 Å². The lowest BCUT2D eigenvalue weighted by molar-refractivity contribution is -0.138. The number of aliphatic hydroxyl groups excluding tert-OH is 1. The lowest BCUT2D eigenvalue weighted by Gasteiger charge is -2.13. The molecule has 0 amide bonds. The van der Waals surface area contributed by atoms with Crippen molar-refractivity contribution in [2.45, 2.75) is 38.5 Å². The molecule has 0 fully saturated rings. The number of rotatable bonds is 7. The maximum Gasteiger partial charge on any atom is 0.418 e. The second kappa shape index (κ2) is 10.0. The van der Waals surface area contributed by atoms with E-state index in [2.05, 4.69) is 15.2 Å². The zero-order valence-electron chi connectivity index (χ0n) is 18.6. The largest absolute Gasteiger partial charge is 0.418 e. The van der Waals surface area contributed by atoms with E-state index in [1.165, 1.54) is 36.4 Å². The predicted octanol–water partition coefficient (Wildman–Crippen LogP) is 4.46. The number of aliphatic hydroxyl groups is 1. The van der Waals surface area contributed by atoms with Gasteiger partial charge in [-0.1, -0.05) is 23.7 Å². The van der Waals surface area contributed by atoms with Gasteiger partial charge in [-0.25, -0.2) is 19.1 Å². The van der Waals surface area contributed by atoms with Gasteiger partial charge in [0.05, 0.1) is 17.7 Å². The molecule has 15 heteroatoms. The van der Waals surface area contributed by atoms with Crippen LogP contribution in [-0.4, -0.2) is 40.4 Å². The Morgan fingerprint density at radius 1 is 0.946 bits per heavy atom. The summed E-state index contributed by atoms with van der Waals surface area (Å²) in [6, 6.07) is 10.4. The van der Waals surface area contributed by atoms with Gasteiger partial charge in [0, 0.05) is 17.1 Å². The van der Waals surface area contributed by atoms with Gasteiger partial charge in [-0.3, -0.25) is 4.57 Å². The van der Waals surface area contributed by atoms with Gasteiger partial charge < -0.3 is 5.11 Å². The van der Waals surface area contributed by atoms with E-state index in [-0.39, 0.29) is 17.5 Å². The third kappa shape index (κ3) is 5.85. The maximum absolute atomic E-state index is 13.5. The number of halogens is 7. The lowest BCUT2D eigenvalue weighted by atomic mass is 10.1. The molecule has 37 heavy (non-hydrogen) atoms. The molecule has 0 aliphatic heterocycles. The Morgan fingerprint density at radius 2 is 1.62 bits per heavy atom. The fraction of sp³-hybridized carbons (Fsp3) is 0.273. The molecule has 0 unspecified atom stereocenters. The monoisotopic (exact) mass is 546 g/mol. The zero-order chi connectivity index (χ0) is 27.0. The highest BCUT2D eigenvalue weighted by Gasteiger charge is 2.35. The predicted molar refractivity (Wildman–Crippen MR) is 119 cm³/mol. The van der Waals surface area contributed by atoms with Crippen molar-refractivity contribution < 1.29 is 31.4 Å². The fourth-order valence-electron chi connectivity index (χ4n) is 3.58. The van der Waals surface area contributed by atoms with Crippen LogP contribution in [0, 0.1) is 0 Å². The summed E-state index contributed by atoms with van der Waals surface area (Å²) in [4.78, 5) is 17.0. The number of benzene rings is 2. The molecule has 0 spiro atoms. The van der Waals surface area contributed by atoms with Gasteiger partial charge in [0.1, 0.15) is 13.2 Å². The van der Waals surface area contributed by atoms with Crippen LogP contribution in [0.4, 0.5) is 26.3 Å². The van der Waals surface area contributed by atoms with Gasteiger partial charge in [0.2, 0.25) is 0 Å². The Labute approximate surface area is 209 Å². The van der Waals surface area contributed by atoms with Crippen molar-refractivity contribution in [2.24, 2.45) is 0 Å². The fourth-order valence-corrected chi connectivity index (χ4v) is 3.71. The molecule has 0 saturated heterocycles. The second-order valence-corrected chi connectivity index (χ2v) is 8.25. The van der Waals surface area contributed by atoms with Gasteiger partial charge in [0.15, 0.2) is 17.5 Å². The molecule has 0 saturated carbocycles. The first kappa shape index (κ1) is 26.4. The van der Waals surface area contributed by atoms with Crippen LogP contribution in [0.5, 0.6) is 0 Å². The van der Waals surface area contributed by atoms with E-state index in [0.717, 1.165) is 26.1 Å². The van der Waals surface area contributed by atoms with Gasteiger partial charge in [-0.05, 0) is 36.4 Å². The van der Waals surface area contributed by atoms with Crippen LogP contribution in [-0.2, 0) is 25.9 Å². The van der Waals surface area contributed by atoms with Crippen molar-refractivity contribution in [2.75, 3.05) is 0 Å². The molecule has 2 aromatic carbocycles. The number of hydrogen-bond donors (Lipinski definition) is 1. The Hall–Kier alpha value is -3.65. The summed E-state index contributed by atoms with van der Waals surface area (Å²) in [6.07, 6.45) is -10.6. The quantitative estimate of drug-likeness (QED) is 0.346. The van der Waals surface area contributed by atoms with E-state index >= 15 is 0 Å². The molecule has 0 atom stereocenters. The minimum Gasteiger partial charge on any atom is -0.388 e.